The Balaban J connectivity index is 2.23. The first kappa shape index (κ1) is 10.0. The molecule has 16 heavy (non-hydrogen) atoms. The van der Waals surface area contributed by atoms with Crippen LogP contribution in [0.15, 0.2) is 29.9 Å². The summed E-state index contributed by atoms with van der Waals surface area (Å²) in [6.07, 6.45) is 4.67. The minimum Gasteiger partial charge on any atom is -0.409 e. The fourth-order valence-electron chi connectivity index (χ4n) is 1.21. The van der Waals surface area contributed by atoms with Crippen LogP contribution < -0.4 is 5.73 Å². The summed E-state index contributed by atoms with van der Waals surface area (Å²) in [4.78, 5) is 3.98. The number of nitrogens with two attached hydrogens (primary N) is 1. The quantitative estimate of drug-likeness (QED) is 0.302. The summed E-state index contributed by atoms with van der Waals surface area (Å²) in [7, 11) is 0. The predicted molar refractivity (Wildman–Crippen MR) is 53.7 cm³/mol. The van der Waals surface area contributed by atoms with Gasteiger partial charge in [-0.1, -0.05) is 5.16 Å². The summed E-state index contributed by atoms with van der Waals surface area (Å²) in [6.45, 7) is 0.479. The Morgan fingerprint density at radius 3 is 3.06 bits per heavy atom. The van der Waals surface area contributed by atoms with Crippen molar-refractivity contribution in [2.75, 3.05) is 0 Å². The summed E-state index contributed by atoms with van der Waals surface area (Å²) < 4.78 is 1.55. The lowest BCUT2D eigenvalue weighted by Gasteiger charge is -2.02. The Bertz CT molecular complexity index is 493. The smallest absolute Gasteiger partial charge is 0.171 e. The van der Waals surface area contributed by atoms with Gasteiger partial charge in [0.1, 0.15) is 6.33 Å². The molecular weight excluding hydrogens is 210 g/mol. The van der Waals surface area contributed by atoms with Crippen LogP contribution in [0.3, 0.4) is 0 Å². The van der Waals surface area contributed by atoms with Crippen LogP contribution in [0.1, 0.15) is 11.1 Å². The molecule has 0 radical (unpaired) electrons. The second kappa shape index (κ2) is 4.34. The number of amidine groups is 1. The van der Waals surface area contributed by atoms with Gasteiger partial charge in [-0.15, -0.1) is 5.10 Å². The van der Waals surface area contributed by atoms with E-state index in [1.165, 1.54) is 12.5 Å². The standard InChI is InChI=1S/C8H9N7O/c9-8(12-16)7-1-6(2-10-3-7)4-15-5-11-13-14-15/h1-3,5,16H,4H2,(H2,9,12). The number of tetrazole rings is 1. The van der Waals surface area contributed by atoms with Crippen LogP contribution in [0.4, 0.5) is 0 Å². The predicted octanol–water partition coefficient (Wildman–Crippen LogP) is -0.789. The zero-order chi connectivity index (χ0) is 11.4. The van der Waals surface area contributed by atoms with Crippen molar-refractivity contribution < 1.29 is 5.21 Å². The van der Waals surface area contributed by atoms with Crippen LogP contribution in [0, 0.1) is 0 Å². The van der Waals surface area contributed by atoms with Gasteiger partial charge in [-0.3, -0.25) is 4.98 Å². The zero-order valence-electron chi connectivity index (χ0n) is 8.22. The van der Waals surface area contributed by atoms with Crippen molar-refractivity contribution in [3.63, 3.8) is 0 Å². The van der Waals surface area contributed by atoms with Gasteiger partial charge in [0.05, 0.1) is 6.54 Å². The van der Waals surface area contributed by atoms with Gasteiger partial charge >= 0.3 is 0 Å². The van der Waals surface area contributed by atoms with E-state index in [1.807, 2.05) is 0 Å². The van der Waals surface area contributed by atoms with Gasteiger partial charge < -0.3 is 10.9 Å². The zero-order valence-corrected chi connectivity index (χ0v) is 8.22. The van der Waals surface area contributed by atoms with Crippen molar-refractivity contribution in [1.82, 2.24) is 25.2 Å². The van der Waals surface area contributed by atoms with E-state index in [-0.39, 0.29) is 5.84 Å². The molecule has 0 fully saturated rings. The second-order valence-corrected chi connectivity index (χ2v) is 3.07. The van der Waals surface area contributed by atoms with Crippen molar-refractivity contribution in [2.45, 2.75) is 6.54 Å². The number of hydrogen-bond donors (Lipinski definition) is 2. The van der Waals surface area contributed by atoms with Gasteiger partial charge in [0, 0.05) is 18.0 Å². The molecule has 0 aliphatic carbocycles. The van der Waals surface area contributed by atoms with Gasteiger partial charge in [-0.25, -0.2) is 4.68 Å². The molecule has 0 amide bonds. The molecule has 0 atom stereocenters. The van der Waals surface area contributed by atoms with E-state index >= 15 is 0 Å². The molecule has 0 saturated heterocycles. The number of oxime groups is 1. The highest BCUT2D eigenvalue weighted by Crippen LogP contribution is 2.03. The largest absolute Gasteiger partial charge is 0.409 e. The lowest BCUT2D eigenvalue weighted by Crippen LogP contribution is -2.14. The SMILES string of the molecule is NC(=NO)c1cncc(Cn2cnnn2)c1. The van der Waals surface area contributed by atoms with E-state index in [0.717, 1.165) is 5.56 Å². The average molecular weight is 219 g/mol. The normalized spacial score (nSPS) is 11.6. The molecule has 2 heterocycles. The third-order valence-corrected chi connectivity index (χ3v) is 1.93. The molecule has 0 spiro atoms. The Hall–Kier alpha value is -2.51. The maximum absolute atomic E-state index is 8.53. The van der Waals surface area contributed by atoms with Gasteiger partial charge in [-0.05, 0) is 22.1 Å². The molecule has 2 rings (SSSR count). The van der Waals surface area contributed by atoms with Crippen LogP contribution in [-0.2, 0) is 6.54 Å². The minimum absolute atomic E-state index is 0.0195. The second-order valence-electron chi connectivity index (χ2n) is 3.07. The van der Waals surface area contributed by atoms with E-state index in [1.54, 1.807) is 16.9 Å². The van der Waals surface area contributed by atoms with Crippen molar-refractivity contribution in [3.8, 4) is 0 Å². The average Bonchev–Trinajstić information content (AvgIpc) is 2.81. The highest BCUT2D eigenvalue weighted by atomic mass is 16.4. The van der Waals surface area contributed by atoms with Gasteiger partial charge in [-0.2, -0.15) is 0 Å². The topological polar surface area (TPSA) is 115 Å². The number of nitrogens with zero attached hydrogens (tertiary/aromatic N) is 6. The van der Waals surface area contributed by atoms with Crippen LogP contribution in [0.25, 0.3) is 0 Å². The maximum atomic E-state index is 8.53. The summed E-state index contributed by atoms with van der Waals surface area (Å²) in [6, 6.07) is 1.75. The molecular formula is C8H9N7O. The third-order valence-electron chi connectivity index (χ3n) is 1.93. The molecule has 0 aromatic carbocycles. The van der Waals surface area contributed by atoms with Gasteiger partial charge in [0.25, 0.3) is 0 Å². The van der Waals surface area contributed by atoms with Gasteiger partial charge in [0.15, 0.2) is 5.84 Å². The molecule has 8 heteroatoms. The molecule has 0 saturated carbocycles. The highest BCUT2D eigenvalue weighted by molar-refractivity contribution is 5.96. The van der Waals surface area contributed by atoms with Crippen molar-refractivity contribution in [2.24, 2.45) is 10.9 Å². The van der Waals surface area contributed by atoms with Crippen molar-refractivity contribution in [3.05, 3.63) is 35.9 Å². The summed E-state index contributed by atoms with van der Waals surface area (Å²) in [5, 5.41) is 22.2. The Kier molecular flexibility index (Phi) is 2.72. The molecule has 0 aliphatic rings. The van der Waals surface area contributed by atoms with E-state index in [9.17, 15) is 0 Å². The Morgan fingerprint density at radius 2 is 2.38 bits per heavy atom. The fourth-order valence-corrected chi connectivity index (χ4v) is 1.21. The molecule has 0 aliphatic heterocycles. The van der Waals surface area contributed by atoms with Gasteiger partial charge in [0.2, 0.25) is 0 Å². The molecule has 82 valence electrons. The van der Waals surface area contributed by atoms with Crippen molar-refractivity contribution in [1.29, 1.82) is 0 Å². The van der Waals surface area contributed by atoms with Crippen LogP contribution in [-0.4, -0.2) is 36.2 Å². The first-order valence-electron chi connectivity index (χ1n) is 4.42. The first-order chi connectivity index (χ1) is 7.79. The fraction of sp³-hybridized carbons (Fsp3) is 0.125. The monoisotopic (exact) mass is 219 g/mol. The summed E-state index contributed by atoms with van der Waals surface area (Å²) >= 11 is 0. The number of aromatic nitrogens is 5. The van der Waals surface area contributed by atoms with Crippen molar-refractivity contribution >= 4 is 5.84 Å². The van der Waals surface area contributed by atoms with E-state index in [0.29, 0.717) is 12.1 Å². The highest BCUT2D eigenvalue weighted by Gasteiger charge is 2.02. The number of pyridine rings is 1. The Morgan fingerprint density at radius 1 is 1.50 bits per heavy atom. The molecule has 2 aromatic rings. The number of hydrogen-bond acceptors (Lipinski definition) is 6. The van der Waals surface area contributed by atoms with E-state index < -0.39 is 0 Å². The summed E-state index contributed by atoms with van der Waals surface area (Å²) in [5.41, 5.74) is 6.86. The first-order valence-corrected chi connectivity index (χ1v) is 4.42. The number of rotatable bonds is 3. The molecule has 0 bridgehead atoms. The molecule has 2 aromatic heterocycles. The molecule has 3 N–H and O–H groups in total. The van der Waals surface area contributed by atoms with Crippen LogP contribution in [0.2, 0.25) is 0 Å². The minimum atomic E-state index is 0.0195. The lowest BCUT2D eigenvalue weighted by molar-refractivity contribution is 0.318. The maximum Gasteiger partial charge on any atom is 0.171 e. The van der Waals surface area contributed by atoms with Crippen LogP contribution in [0.5, 0.6) is 0 Å². The van der Waals surface area contributed by atoms with E-state index in [4.69, 9.17) is 10.9 Å². The molecule has 0 unspecified atom stereocenters. The lowest BCUT2D eigenvalue weighted by atomic mass is 10.2. The van der Waals surface area contributed by atoms with E-state index in [2.05, 4.69) is 25.7 Å². The van der Waals surface area contributed by atoms with Crippen LogP contribution >= 0.6 is 0 Å². The third kappa shape index (κ3) is 2.11. The molecule has 8 nitrogen and oxygen atoms in total. The Labute approximate surface area is 90.4 Å². The summed E-state index contributed by atoms with van der Waals surface area (Å²) in [5.74, 6) is 0.0195.